The van der Waals surface area contributed by atoms with Gasteiger partial charge in [0.15, 0.2) is 0 Å². The molecule has 70 valence electrons. The van der Waals surface area contributed by atoms with Gasteiger partial charge in [-0.2, -0.15) is 0 Å². The minimum Gasteiger partial charge on any atom is -0.303 e. The van der Waals surface area contributed by atoms with Crippen LogP contribution in [0.5, 0.6) is 0 Å². The van der Waals surface area contributed by atoms with Crippen molar-refractivity contribution in [1.29, 1.82) is 0 Å². The van der Waals surface area contributed by atoms with Crippen molar-refractivity contribution in [3.05, 3.63) is 0 Å². The Morgan fingerprint density at radius 2 is 0.571 bits per heavy atom. The Balaban J connectivity index is -0.0000000178. The number of hydrogen-bond donors (Lipinski definition) is 6. The predicted octanol–water partition coefficient (Wildman–Crippen LogP) is -3.00. The van der Waals surface area contributed by atoms with Crippen LogP contribution in [0.3, 0.4) is 0 Å². The molecule has 0 aliphatic carbocycles. The van der Waals surface area contributed by atoms with Crippen molar-refractivity contribution in [3.63, 3.8) is 0 Å². The molecule has 14 heavy (non-hydrogen) atoms. The van der Waals surface area contributed by atoms with E-state index in [0.717, 1.165) is 0 Å². The van der Waals surface area contributed by atoms with E-state index in [1.807, 2.05) is 0 Å². The molecule has 0 aromatic carbocycles. The van der Waals surface area contributed by atoms with Gasteiger partial charge in [0.25, 0.3) is 0 Å². The molecule has 14 heteroatoms. The van der Waals surface area contributed by atoms with Crippen molar-refractivity contribution < 1.29 is 74.1 Å². The van der Waals surface area contributed by atoms with E-state index in [4.69, 9.17) is 38.5 Å². The van der Waals surface area contributed by atoms with E-state index in [9.17, 15) is 0 Å². The van der Waals surface area contributed by atoms with Gasteiger partial charge in [0.1, 0.15) is 0 Å². The summed E-state index contributed by atoms with van der Waals surface area (Å²) in [5.74, 6) is 0. The average Bonchev–Trinajstić information content (AvgIpc) is 1.12. The zero-order valence-electron chi connectivity index (χ0n) is 7.97. The molecule has 0 saturated heterocycles. The second-order valence-electron chi connectivity index (χ2n) is 1.03. The first-order valence-electron chi connectivity index (χ1n) is 1.57. The van der Waals surface area contributed by atoms with Crippen LogP contribution < -0.4 is 0 Å². The van der Waals surface area contributed by atoms with Crippen LogP contribution in [0, 0.1) is 35.6 Å². The molecule has 0 heterocycles. The summed E-state index contributed by atoms with van der Waals surface area (Å²) in [5, 5.41) is 0. The summed E-state index contributed by atoms with van der Waals surface area (Å²) in [6.07, 6.45) is 0. The molecule has 0 saturated carbocycles. The molecule has 6 N–H and O–H groups in total. The summed E-state index contributed by atoms with van der Waals surface area (Å²) in [6.45, 7) is 0. The van der Waals surface area contributed by atoms with Crippen LogP contribution in [0.4, 0.5) is 0 Å². The Labute approximate surface area is 236 Å². The van der Waals surface area contributed by atoms with E-state index in [1.54, 1.807) is 0 Å². The third-order valence-electron chi connectivity index (χ3n) is 0. The van der Waals surface area contributed by atoms with Crippen LogP contribution in [0.2, 0.25) is 0 Å². The topological polar surface area (TPSA) is 156 Å². The maximum absolute atomic E-state index is 8.88. The SMILES string of the molecule is O=P(O)(O)O.O=P(O)(O)O.[K].[K].[K].[La]. The van der Waals surface area contributed by atoms with Gasteiger partial charge >= 0.3 is 15.6 Å². The van der Waals surface area contributed by atoms with Gasteiger partial charge < -0.3 is 29.4 Å². The first-order valence-corrected chi connectivity index (χ1v) is 4.70. The second kappa shape index (κ2) is 19.3. The van der Waals surface area contributed by atoms with E-state index >= 15 is 0 Å². The van der Waals surface area contributed by atoms with Crippen molar-refractivity contribution >= 4 is 170 Å². The molecular weight excluding hydrogens is 446 g/mol. The molecule has 0 fully saturated rings. The predicted molar refractivity (Wildman–Crippen MR) is 45.8 cm³/mol. The molecule has 8 nitrogen and oxygen atoms in total. The van der Waals surface area contributed by atoms with E-state index < -0.39 is 15.6 Å². The van der Waals surface area contributed by atoms with Crippen LogP contribution in [-0.4, -0.2) is 184 Å². The van der Waals surface area contributed by atoms with Gasteiger partial charge in [-0.15, -0.1) is 0 Å². The summed E-state index contributed by atoms with van der Waals surface area (Å²) >= 11 is 0. The van der Waals surface area contributed by atoms with Crippen molar-refractivity contribution in [2.45, 2.75) is 0 Å². The summed E-state index contributed by atoms with van der Waals surface area (Å²) in [7, 11) is -9.28. The maximum Gasteiger partial charge on any atom is 0.466 e. The molecule has 0 spiro atoms. The van der Waals surface area contributed by atoms with Gasteiger partial charge in [0, 0.05) is 190 Å². The fourth-order valence-electron chi connectivity index (χ4n) is 0. The molecule has 0 aromatic rings. The number of hydrogen-bond acceptors (Lipinski definition) is 2. The molecule has 0 bridgehead atoms. The summed E-state index contributed by atoms with van der Waals surface area (Å²) < 4.78 is 17.8. The van der Waals surface area contributed by atoms with Crippen molar-refractivity contribution in [2.75, 3.05) is 0 Å². The standard InChI is InChI=1S/3K.La.2H3O4P/c;;;;2*1-5(2,3)4/h;;;;2*(H3,1,2,3,4). The molecule has 4 radical (unpaired) electrons. The van der Waals surface area contributed by atoms with Crippen LogP contribution in [0.1, 0.15) is 0 Å². The van der Waals surface area contributed by atoms with E-state index in [-0.39, 0.29) is 190 Å². The second-order valence-corrected chi connectivity index (χ2v) is 3.08. The summed E-state index contributed by atoms with van der Waals surface area (Å²) in [6, 6.07) is 0. The number of rotatable bonds is 0. The fourth-order valence-corrected chi connectivity index (χ4v) is 0. The minimum atomic E-state index is -4.64. The zero-order valence-corrected chi connectivity index (χ0v) is 22.8. The van der Waals surface area contributed by atoms with E-state index in [0.29, 0.717) is 0 Å². The monoisotopic (exact) mass is 452 g/mol. The Bertz CT molecular complexity index is 135. The quantitative estimate of drug-likeness (QED) is 0.168. The Morgan fingerprint density at radius 3 is 0.571 bits per heavy atom. The van der Waals surface area contributed by atoms with Crippen molar-refractivity contribution in [2.24, 2.45) is 0 Å². The van der Waals surface area contributed by atoms with Gasteiger partial charge in [-0.25, -0.2) is 9.13 Å². The summed E-state index contributed by atoms with van der Waals surface area (Å²) in [4.78, 5) is 43.1. The first-order chi connectivity index (χ1) is 4.00. The smallest absolute Gasteiger partial charge is 0.303 e. The third kappa shape index (κ3) is 138. The molecular formula is H6K3LaO8P2. The third-order valence-corrected chi connectivity index (χ3v) is 0. The van der Waals surface area contributed by atoms with Crippen LogP contribution in [0.25, 0.3) is 0 Å². The molecule has 0 unspecified atom stereocenters. The van der Waals surface area contributed by atoms with Crippen molar-refractivity contribution in [3.8, 4) is 0 Å². The average molecular weight is 452 g/mol. The summed E-state index contributed by atoms with van der Waals surface area (Å²) in [5.41, 5.74) is 0. The molecule has 0 atom stereocenters. The fraction of sp³-hybridized carbons (Fsp3) is 0. The molecule has 0 amide bonds. The van der Waals surface area contributed by atoms with E-state index in [1.165, 1.54) is 0 Å². The van der Waals surface area contributed by atoms with Crippen LogP contribution in [-0.2, 0) is 9.13 Å². The Hall–Kier alpha value is 6.32. The van der Waals surface area contributed by atoms with Gasteiger partial charge in [0.05, 0.1) is 0 Å². The van der Waals surface area contributed by atoms with E-state index in [2.05, 4.69) is 0 Å². The molecule has 0 rings (SSSR count). The van der Waals surface area contributed by atoms with Gasteiger partial charge in [-0.05, 0) is 0 Å². The van der Waals surface area contributed by atoms with Gasteiger partial charge in [-0.1, -0.05) is 0 Å². The van der Waals surface area contributed by atoms with Gasteiger partial charge in [0.2, 0.25) is 0 Å². The number of phosphoric acid groups is 2. The zero-order chi connectivity index (χ0) is 9.00. The van der Waals surface area contributed by atoms with Crippen LogP contribution >= 0.6 is 15.6 Å². The van der Waals surface area contributed by atoms with Crippen LogP contribution in [0.15, 0.2) is 0 Å². The van der Waals surface area contributed by atoms with Gasteiger partial charge in [-0.3, -0.25) is 0 Å². The first kappa shape index (κ1) is 37.0. The minimum absolute atomic E-state index is 0. The Kier molecular flexibility index (Phi) is 51.1. The van der Waals surface area contributed by atoms with Crippen molar-refractivity contribution in [1.82, 2.24) is 0 Å². The maximum atomic E-state index is 8.88. The molecule has 0 aliphatic heterocycles. The largest absolute Gasteiger partial charge is 0.466 e. The Morgan fingerprint density at radius 1 is 0.571 bits per heavy atom. The molecule has 0 aromatic heterocycles. The molecule has 0 aliphatic rings. The normalized spacial score (nSPS) is 8.43.